The molecule has 1 saturated heterocycles. The molecule has 2 aromatic carbocycles. The van der Waals surface area contributed by atoms with E-state index in [1.807, 2.05) is 37.3 Å². The van der Waals surface area contributed by atoms with Gasteiger partial charge in [-0.1, -0.05) is 18.2 Å². The van der Waals surface area contributed by atoms with E-state index in [2.05, 4.69) is 25.1 Å². The zero-order valence-corrected chi connectivity index (χ0v) is 22.8. The SMILES string of the molecule is CCOc1ccccc1-c1sc2c(N=NCc3ccc(OC)c(O)c3)ncnc2c1OCCN1CCOCC1. The number of ether oxygens (including phenoxy) is 4. The fourth-order valence-electron chi connectivity index (χ4n) is 4.31. The average molecular weight is 550 g/mol. The summed E-state index contributed by atoms with van der Waals surface area (Å²) in [7, 11) is 1.51. The zero-order valence-electron chi connectivity index (χ0n) is 22.0. The van der Waals surface area contributed by atoms with E-state index in [1.54, 1.807) is 12.1 Å². The summed E-state index contributed by atoms with van der Waals surface area (Å²) in [6.45, 7) is 7.37. The largest absolute Gasteiger partial charge is 0.504 e. The second-order valence-corrected chi connectivity index (χ2v) is 9.79. The highest BCUT2D eigenvalue weighted by Gasteiger charge is 2.22. The molecule has 0 atom stereocenters. The Morgan fingerprint density at radius 2 is 1.92 bits per heavy atom. The standard InChI is InChI=1S/C28H31N5O5S/c1-3-37-22-7-5-4-6-20(22)26-25(38-15-12-33-10-13-36-14-11-33)24-27(39-26)28(30-18-29-24)32-31-17-19-8-9-23(35-2)21(34)16-19/h4-9,16,18,34H,3,10-15,17H2,1-2H3. The molecule has 11 heteroatoms. The molecule has 0 bridgehead atoms. The molecule has 2 aromatic heterocycles. The Balaban J connectivity index is 1.46. The number of rotatable bonds is 11. The molecule has 39 heavy (non-hydrogen) atoms. The van der Waals surface area contributed by atoms with E-state index in [-0.39, 0.29) is 12.3 Å². The lowest BCUT2D eigenvalue weighted by Crippen LogP contribution is -2.38. The molecule has 1 aliphatic rings. The Kier molecular flexibility index (Phi) is 8.82. The van der Waals surface area contributed by atoms with Crippen LogP contribution in [0.5, 0.6) is 23.0 Å². The van der Waals surface area contributed by atoms with Crippen molar-refractivity contribution in [2.45, 2.75) is 13.5 Å². The molecule has 1 N–H and O–H groups in total. The van der Waals surface area contributed by atoms with Gasteiger partial charge in [0.25, 0.3) is 0 Å². The van der Waals surface area contributed by atoms with E-state index in [9.17, 15) is 5.11 Å². The number of nitrogens with zero attached hydrogens (tertiary/aromatic N) is 5. The lowest BCUT2D eigenvalue weighted by atomic mass is 10.1. The van der Waals surface area contributed by atoms with Crippen LogP contribution in [0.4, 0.5) is 5.82 Å². The number of para-hydroxylation sites is 1. The van der Waals surface area contributed by atoms with Gasteiger partial charge in [0, 0.05) is 25.2 Å². The van der Waals surface area contributed by atoms with Crippen LogP contribution in [0.25, 0.3) is 20.7 Å². The van der Waals surface area contributed by atoms with Gasteiger partial charge in [-0.2, -0.15) is 5.11 Å². The summed E-state index contributed by atoms with van der Waals surface area (Å²) in [4.78, 5) is 12.2. The second-order valence-electron chi connectivity index (χ2n) is 8.77. The summed E-state index contributed by atoms with van der Waals surface area (Å²) >= 11 is 1.51. The van der Waals surface area contributed by atoms with E-state index in [0.29, 0.717) is 36.0 Å². The second kappa shape index (κ2) is 12.8. The highest BCUT2D eigenvalue weighted by molar-refractivity contribution is 7.23. The van der Waals surface area contributed by atoms with Gasteiger partial charge in [-0.05, 0) is 36.8 Å². The minimum Gasteiger partial charge on any atom is -0.504 e. The van der Waals surface area contributed by atoms with Gasteiger partial charge in [-0.25, -0.2) is 9.97 Å². The molecule has 0 amide bonds. The predicted octanol–water partition coefficient (Wildman–Crippen LogP) is 5.47. The van der Waals surface area contributed by atoms with Crippen LogP contribution < -0.4 is 14.2 Å². The van der Waals surface area contributed by atoms with Crippen molar-refractivity contribution in [1.29, 1.82) is 0 Å². The van der Waals surface area contributed by atoms with E-state index in [4.69, 9.17) is 18.9 Å². The molecule has 4 aromatic rings. The van der Waals surface area contributed by atoms with Crippen molar-refractivity contribution in [1.82, 2.24) is 14.9 Å². The lowest BCUT2D eigenvalue weighted by Gasteiger charge is -2.26. The third-order valence-electron chi connectivity index (χ3n) is 6.26. The first kappa shape index (κ1) is 26.8. The van der Waals surface area contributed by atoms with Gasteiger partial charge in [0.15, 0.2) is 23.1 Å². The van der Waals surface area contributed by atoms with Crippen molar-refractivity contribution in [3.05, 3.63) is 54.4 Å². The molecule has 0 saturated carbocycles. The number of hydrogen-bond donors (Lipinski definition) is 1. The van der Waals surface area contributed by atoms with Crippen molar-refractivity contribution in [2.75, 3.05) is 53.2 Å². The fraction of sp³-hybridized carbons (Fsp3) is 0.357. The van der Waals surface area contributed by atoms with Crippen molar-refractivity contribution in [2.24, 2.45) is 10.2 Å². The maximum atomic E-state index is 10.1. The van der Waals surface area contributed by atoms with E-state index in [1.165, 1.54) is 24.8 Å². The minimum atomic E-state index is 0.0596. The van der Waals surface area contributed by atoms with Crippen LogP contribution in [-0.2, 0) is 11.3 Å². The summed E-state index contributed by atoms with van der Waals surface area (Å²) < 4.78 is 23.7. The lowest BCUT2D eigenvalue weighted by molar-refractivity contribution is 0.0324. The first-order valence-corrected chi connectivity index (χ1v) is 13.7. The first-order valence-electron chi connectivity index (χ1n) is 12.8. The van der Waals surface area contributed by atoms with Gasteiger partial charge < -0.3 is 24.1 Å². The van der Waals surface area contributed by atoms with Gasteiger partial charge in [0.1, 0.15) is 28.9 Å². The van der Waals surface area contributed by atoms with Crippen LogP contribution in [0.15, 0.2) is 59.0 Å². The Hall–Kier alpha value is -3.80. The highest BCUT2D eigenvalue weighted by atomic mass is 32.1. The molecule has 0 unspecified atom stereocenters. The van der Waals surface area contributed by atoms with Gasteiger partial charge >= 0.3 is 0 Å². The molecule has 0 radical (unpaired) electrons. The number of phenols is 1. The van der Waals surface area contributed by atoms with Crippen LogP contribution in [-0.4, -0.2) is 73.1 Å². The van der Waals surface area contributed by atoms with Crippen LogP contribution in [0, 0.1) is 0 Å². The Bertz CT molecular complexity index is 1440. The minimum absolute atomic E-state index is 0.0596. The molecule has 1 aliphatic heterocycles. The third kappa shape index (κ3) is 6.27. The Labute approximate surface area is 230 Å². The molecule has 5 rings (SSSR count). The van der Waals surface area contributed by atoms with Crippen LogP contribution in [0.2, 0.25) is 0 Å². The molecule has 204 valence electrons. The number of phenolic OH excluding ortho intramolecular Hbond substituents is 1. The third-order valence-corrected chi connectivity index (χ3v) is 7.45. The van der Waals surface area contributed by atoms with E-state index < -0.39 is 0 Å². The number of morpholine rings is 1. The van der Waals surface area contributed by atoms with Crippen molar-refractivity contribution in [3.63, 3.8) is 0 Å². The van der Waals surface area contributed by atoms with Gasteiger partial charge in [-0.15, -0.1) is 16.5 Å². The molecule has 0 spiro atoms. The number of benzene rings is 2. The topological polar surface area (TPSA) is 111 Å². The number of aromatic hydroxyl groups is 1. The van der Waals surface area contributed by atoms with Crippen LogP contribution in [0.1, 0.15) is 12.5 Å². The number of thiophene rings is 1. The summed E-state index contributed by atoms with van der Waals surface area (Å²) in [6, 6.07) is 13.1. The van der Waals surface area contributed by atoms with Gasteiger partial charge in [0.2, 0.25) is 0 Å². The van der Waals surface area contributed by atoms with Crippen LogP contribution >= 0.6 is 11.3 Å². The van der Waals surface area contributed by atoms with E-state index in [0.717, 1.165) is 59.3 Å². The number of aromatic nitrogens is 2. The fourth-order valence-corrected chi connectivity index (χ4v) is 5.47. The van der Waals surface area contributed by atoms with Gasteiger partial charge in [-0.3, -0.25) is 4.90 Å². The summed E-state index contributed by atoms with van der Waals surface area (Å²) in [5.41, 5.74) is 2.42. The maximum absolute atomic E-state index is 10.1. The van der Waals surface area contributed by atoms with Gasteiger partial charge in [0.05, 0.1) is 38.4 Å². The Morgan fingerprint density at radius 3 is 2.72 bits per heavy atom. The molecule has 3 heterocycles. The molecular weight excluding hydrogens is 518 g/mol. The number of methoxy groups -OCH3 is 1. The molecule has 0 aliphatic carbocycles. The summed E-state index contributed by atoms with van der Waals surface area (Å²) in [6.07, 6.45) is 1.48. The molecule has 1 fully saturated rings. The smallest absolute Gasteiger partial charge is 0.195 e. The summed E-state index contributed by atoms with van der Waals surface area (Å²) in [5.74, 6) is 2.40. The highest BCUT2D eigenvalue weighted by Crippen LogP contribution is 2.48. The number of azo groups is 1. The van der Waals surface area contributed by atoms with Crippen molar-refractivity contribution >= 4 is 27.4 Å². The molecular formula is C28H31N5O5S. The normalized spacial score (nSPS) is 14.2. The average Bonchev–Trinajstić information content (AvgIpc) is 3.33. The Morgan fingerprint density at radius 1 is 1.08 bits per heavy atom. The van der Waals surface area contributed by atoms with Crippen molar-refractivity contribution < 1.29 is 24.1 Å². The predicted molar refractivity (Wildman–Crippen MR) is 150 cm³/mol. The quantitative estimate of drug-likeness (QED) is 0.245. The summed E-state index contributed by atoms with van der Waals surface area (Å²) in [5, 5.41) is 18.8. The van der Waals surface area contributed by atoms with Crippen LogP contribution in [0.3, 0.4) is 0 Å². The first-order chi connectivity index (χ1) is 19.2. The number of hydrogen-bond acceptors (Lipinski definition) is 11. The zero-order chi connectivity index (χ0) is 27.0. The molecule has 10 nitrogen and oxygen atoms in total. The monoisotopic (exact) mass is 549 g/mol. The number of fused-ring (bicyclic) bond motifs is 1. The van der Waals surface area contributed by atoms with E-state index >= 15 is 0 Å². The maximum Gasteiger partial charge on any atom is 0.195 e. The van der Waals surface area contributed by atoms with Crippen molar-refractivity contribution in [3.8, 4) is 33.4 Å².